The molecule has 0 bridgehead atoms. The van der Waals surface area contributed by atoms with Gasteiger partial charge in [0, 0.05) is 18.8 Å². The van der Waals surface area contributed by atoms with Crippen LogP contribution < -0.4 is 5.32 Å². The van der Waals surface area contributed by atoms with Crippen molar-refractivity contribution in [3.8, 4) is 17.3 Å². The second-order valence-corrected chi connectivity index (χ2v) is 8.28. The number of nitrogens with zero attached hydrogens (tertiary/aromatic N) is 7. The predicted octanol–water partition coefficient (Wildman–Crippen LogP) is 1.78. The van der Waals surface area contributed by atoms with Gasteiger partial charge in [-0.05, 0) is 25.0 Å². The van der Waals surface area contributed by atoms with Gasteiger partial charge in [-0.2, -0.15) is 10.4 Å². The Morgan fingerprint density at radius 1 is 1.33 bits per heavy atom. The summed E-state index contributed by atoms with van der Waals surface area (Å²) in [5.74, 6) is 0.302. The lowest BCUT2D eigenvalue weighted by molar-refractivity contribution is -0.121. The number of aromatic nitrogens is 6. The maximum Gasteiger partial charge on any atom is 0.230 e. The Morgan fingerprint density at radius 2 is 2.17 bits per heavy atom. The number of hydrogen-bond acceptors (Lipinski definition) is 9. The third kappa shape index (κ3) is 3.65. The molecule has 1 N–H and O–H groups in total. The Labute approximate surface area is 174 Å². The zero-order valence-electron chi connectivity index (χ0n) is 16.0. The summed E-state index contributed by atoms with van der Waals surface area (Å²) in [4.78, 5) is 22.1. The normalized spacial score (nSPS) is 14.5. The first kappa shape index (κ1) is 18.4. The molecule has 4 aromatic heterocycles. The van der Waals surface area contributed by atoms with Crippen molar-refractivity contribution in [3.05, 3.63) is 41.3 Å². The van der Waals surface area contributed by atoms with Crippen molar-refractivity contribution in [2.75, 3.05) is 0 Å². The minimum Gasteiger partial charge on any atom is -0.424 e. The maximum atomic E-state index is 12.0. The van der Waals surface area contributed by atoms with Crippen molar-refractivity contribution < 1.29 is 9.21 Å². The van der Waals surface area contributed by atoms with Crippen LogP contribution in [0.2, 0.25) is 0 Å². The lowest BCUT2D eigenvalue weighted by Crippen LogP contribution is -2.36. The van der Waals surface area contributed by atoms with Crippen LogP contribution in [0.15, 0.2) is 28.9 Å². The summed E-state index contributed by atoms with van der Waals surface area (Å²) in [6, 6.07) is 5.96. The summed E-state index contributed by atoms with van der Waals surface area (Å²) in [5, 5.41) is 24.7. The number of nitrogens with one attached hydrogen (secondary N) is 1. The van der Waals surface area contributed by atoms with E-state index in [2.05, 4.69) is 36.7 Å². The van der Waals surface area contributed by atoms with Crippen LogP contribution in [0.1, 0.15) is 29.6 Å². The summed E-state index contributed by atoms with van der Waals surface area (Å²) in [5.41, 5.74) is 1.87. The smallest absolute Gasteiger partial charge is 0.230 e. The van der Waals surface area contributed by atoms with E-state index in [1.165, 1.54) is 11.3 Å². The number of fused-ring (bicyclic) bond motifs is 1. The highest BCUT2D eigenvalue weighted by Crippen LogP contribution is 2.34. The molecule has 0 spiro atoms. The first-order chi connectivity index (χ1) is 14.5. The standard InChI is InChI=1S/C19H16N8O2S/c1-27-9-11(8-21-27)12-2-3-13-18(23-12)30-17(22-13)7-16-26-25-15(29-16)6-14(28)24-19(10-20)4-5-19/h2-3,8-9H,4-7H2,1H3,(H,24,28). The molecule has 30 heavy (non-hydrogen) atoms. The number of hydrogen-bond donors (Lipinski definition) is 1. The second-order valence-electron chi connectivity index (χ2n) is 7.22. The Kier molecular flexibility index (Phi) is 4.29. The van der Waals surface area contributed by atoms with Crippen LogP contribution in [0.5, 0.6) is 0 Å². The van der Waals surface area contributed by atoms with Gasteiger partial charge < -0.3 is 9.73 Å². The molecule has 0 saturated heterocycles. The summed E-state index contributed by atoms with van der Waals surface area (Å²) < 4.78 is 7.32. The largest absolute Gasteiger partial charge is 0.424 e. The maximum absolute atomic E-state index is 12.0. The number of rotatable bonds is 6. The highest BCUT2D eigenvalue weighted by atomic mass is 32.1. The van der Waals surface area contributed by atoms with Crippen LogP contribution in [0.4, 0.5) is 0 Å². The Bertz CT molecular complexity index is 1290. The molecule has 10 nitrogen and oxygen atoms in total. The molecule has 4 heterocycles. The van der Waals surface area contributed by atoms with Gasteiger partial charge in [0.05, 0.1) is 24.4 Å². The Balaban J connectivity index is 1.28. The van der Waals surface area contributed by atoms with E-state index in [9.17, 15) is 4.79 Å². The Morgan fingerprint density at radius 3 is 2.90 bits per heavy atom. The van der Waals surface area contributed by atoms with E-state index in [1.54, 1.807) is 10.9 Å². The van der Waals surface area contributed by atoms with E-state index in [0.717, 1.165) is 26.6 Å². The number of carbonyl (C=O) groups is 1. The van der Waals surface area contributed by atoms with Gasteiger partial charge in [0.1, 0.15) is 27.3 Å². The summed E-state index contributed by atoms with van der Waals surface area (Å²) in [6.45, 7) is 0. The molecule has 1 fully saturated rings. The van der Waals surface area contributed by atoms with Gasteiger partial charge in [-0.1, -0.05) is 11.3 Å². The van der Waals surface area contributed by atoms with Gasteiger partial charge >= 0.3 is 0 Å². The van der Waals surface area contributed by atoms with Gasteiger partial charge in [0.25, 0.3) is 0 Å². The van der Waals surface area contributed by atoms with Crippen LogP contribution in [0.25, 0.3) is 21.6 Å². The molecule has 11 heteroatoms. The van der Waals surface area contributed by atoms with Crippen molar-refractivity contribution in [1.82, 2.24) is 35.3 Å². The van der Waals surface area contributed by atoms with Gasteiger partial charge in [0.15, 0.2) is 0 Å². The molecule has 1 aliphatic rings. The van der Waals surface area contributed by atoms with E-state index in [0.29, 0.717) is 25.2 Å². The quantitative estimate of drug-likeness (QED) is 0.499. The van der Waals surface area contributed by atoms with Crippen LogP contribution >= 0.6 is 11.3 Å². The fraction of sp³-hybridized carbons (Fsp3) is 0.316. The van der Waals surface area contributed by atoms with E-state index >= 15 is 0 Å². The summed E-state index contributed by atoms with van der Waals surface area (Å²) in [6.07, 6.45) is 5.35. The molecule has 0 unspecified atom stereocenters. The highest BCUT2D eigenvalue weighted by Gasteiger charge is 2.44. The molecule has 1 aliphatic carbocycles. The first-order valence-electron chi connectivity index (χ1n) is 9.31. The van der Waals surface area contributed by atoms with E-state index in [1.807, 2.05) is 25.4 Å². The molecule has 0 aromatic carbocycles. The van der Waals surface area contributed by atoms with E-state index in [4.69, 9.17) is 9.68 Å². The fourth-order valence-electron chi connectivity index (χ4n) is 3.05. The Hall–Kier alpha value is -3.65. The van der Waals surface area contributed by atoms with E-state index < -0.39 is 5.54 Å². The van der Waals surface area contributed by atoms with Crippen molar-refractivity contribution in [2.24, 2.45) is 7.05 Å². The van der Waals surface area contributed by atoms with Crippen LogP contribution in [0, 0.1) is 11.3 Å². The zero-order valence-corrected chi connectivity index (χ0v) is 16.8. The van der Waals surface area contributed by atoms with Crippen molar-refractivity contribution >= 4 is 27.6 Å². The molecule has 5 rings (SSSR count). The number of thiazole rings is 1. The molecule has 1 amide bonds. The lowest BCUT2D eigenvalue weighted by atomic mass is 10.2. The SMILES string of the molecule is Cn1cc(-c2ccc3nc(Cc4nnc(CC(=O)NC5(C#N)CC5)o4)sc3n2)cn1. The first-order valence-corrected chi connectivity index (χ1v) is 10.1. The number of amides is 1. The van der Waals surface area contributed by atoms with Gasteiger partial charge in [0.2, 0.25) is 17.7 Å². The number of aryl methyl sites for hydroxylation is 1. The van der Waals surface area contributed by atoms with Gasteiger partial charge in [-0.3, -0.25) is 9.48 Å². The fourth-order valence-corrected chi connectivity index (χ4v) is 3.98. The summed E-state index contributed by atoms with van der Waals surface area (Å²) in [7, 11) is 1.86. The highest BCUT2D eigenvalue weighted by molar-refractivity contribution is 7.18. The van der Waals surface area contributed by atoms with Crippen molar-refractivity contribution in [2.45, 2.75) is 31.2 Å². The van der Waals surface area contributed by atoms with E-state index in [-0.39, 0.29) is 18.2 Å². The minimum atomic E-state index is -0.706. The molecule has 0 radical (unpaired) electrons. The lowest BCUT2D eigenvalue weighted by Gasteiger charge is -2.06. The van der Waals surface area contributed by atoms with Gasteiger partial charge in [-0.25, -0.2) is 9.97 Å². The molecule has 150 valence electrons. The molecular weight excluding hydrogens is 404 g/mol. The van der Waals surface area contributed by atoms with Crippen molar-refractivity contribution in [1.29, 1.82) is 5.26 Å². The number of carbonyl (C=O) groups excluding carboxylic acids is 1. The average Bonchev–Trinajstić information content (AvgIpc) is 3.05. The molecule has 0 atom stereocenters. The summed E-state index contributed by atoms with van der Waals surface area (Å²) >= 11 is 1.46. The van der Waals surface area contributed by atoms with Crippen LogP contribution in [-0.4, -0.2) is 41.4 Å². The predicted molar refractivity (Wildman–Crippen MR) is 106 cm³/mol. The monoisotopic (exact) mass is 420 g/mol. The zero-order chi connectivity index (χ0) is 20.7. The van der Waals surface area contributed by atoms with Gasteiger partial charge in [-0.15, -0.1) is 10.2 Å². The number of pyridine rings is 1. The number of nitriles is 1. The molecule has 4 aromatic rings. The van der Waals surface area contributed by atoms with Crippen LogP contribution in [-0.2, 0) is 24.7 Å². The molecule has 0 aliphatic heterocycles. The topological polar surface area (TPSA) is 135 Å². The van der Waals surface area contributed by atoms with Crippen LogP contribution in [0.3, 0.4) is 0 Å². The molecule has 1 saturated carbocycles. The average molecular weight is 420 g/mol. The third-order valence-electron chi connectivity index (χ3n) is 4.77. The molecular formula is C19H16N8O2S. The van der Waals surface area contributed by atoms with Crippen molar-refractivity contribution in [3.63, 3.8) is 0 Å². The second kappa shape index (κ2) is 7.00. The third-order valence-corrected chi connectivity index (χ3v) is 5.73. The minimum absolute atomic E-state index is 0.0493.